The first-order chi connectivity index (χ1) is 12.6. The molecule has 2 amide bonds. The van der Waals surface area contributed by atoms with Crippen molar-refractivity contribution >= 4 is 27.6 Å². The molecule has 0 radical (unpaired) electrons. The highest BCUT2D eigenvalue weighted by atomic mass is 79.9. The number of aryl methyl sites for hydroxylation is 1. The van der Waals surface area contributed by atoms with Crippen molar-refractivity contribution in [2.75, 3.05) is 5.32 Å². The number of hydrogen-bond donors (Lipinski definition) is 2. The minimum absolute atomic E-state index is 0.217. The van der Waals surface area contributed by atoms with E-state index in [1.807, 2.05) is 42.5 Å². The molecule has 2 N–H and O–H groups in total. The van der Waals surface area contributed by atoms with Gasteiger partial charge >= 0.3 is 6.03 Å². The van der Waals surface area contributed by atoms with Gasteiger partial charge in [-0.3, -0.25) is 4.98 Å². The van der Waals surface area contributed by atoms with Gasteiger partial charge in [0.1, 0.15) is 0 Å². The van der Waals surface area contributed by atoms with Gasteiger partial charge in [0.05, 0.1) is 11.7 Å². The molecule has 5 heteroatoms. The number of halogens is 1. The van der Waals surface area contributed by atoms with Crippen molar-refractivity contribution in [2.24, 2.45) is 0 Å². The Bertz CT molecular complexity index is 866. The second-order valence-electron chi connectivity index (χ2n) is 6.11. The molecular formula is C21H20BrN3O. The van der Waals surface area contributed by atoms with E-state index in [4.69, 9.17) is 0 Å². The lowest BCUT2D eigenvalue weighted by molar-refractivity contribution is 0.248. The first-order valence-corrected chi connectivity index (χ1v) is 9.19. The number of nitrogens with zero attached hydrogens (tertiary/aromatic N) is 1. The summed E-state index contributed by atoms with van der Waals surface area (Å²) < 4.78 is 0.913. The number of hydrogen-bond acceptors (Lipinski definition) is 2. The molecule has 0 spiro atoms. The number of urea groups is 1. The number of carbonyl (C=O) groups is 1. The molecule has 0 aliphatic carbocycles. The van der Waals surface area contributed by atoms with Crippen molar-refractivity contribution in [1.29, 1.82) is 0 Å². The Labute approximate surface area is 161 Å². The van der Waals surface area contributed by atoms with Crippen LogP contribution < -0.4 is 10.6 Å². The Balaban J connectivity index is 1.75. The summed E-state index contributed by atoms with van der Waals surface area (Å²) in [7, 11) is 0. The van der Waals surface area contributed by atoms with Crippen molar-refractivity contribution in [2.45, 2.75) is 19.4 Å². The molecule has 1 atom stereocenters. The molecule has 3 aromatic rings. The summed E-state index contributed by atoms with van der Waals surface area (Å²) in [5.41, 5.74) is 3.92. The quantitative estimate of drug-likeness (QED) is 0.603. The predicted molar refractivity (Wildman–Crippen MR) is 108 cm³/mol. The molecule has 3 rings (SSSR count). The van der Waals surface area contributed by atoms with Gasteiger partial charge in [-0.05, 0) is 49.2 Å². The van der Waals surface area contributed by atoms with Gasteiger partial charge in [-0.15, -0.1) is 0 Å². The van der Waals surface area contributed by atoms with Crippen molar-refractivity contribution in [3.8, 4) is 0 Å². The number of benzene rings is 2. The molecule has 0 aliphatic heterocycles. The van der Waals surface area contributed by atoms with E-state index in [0.29, 0.717) is 6.42 Å². The lowest BCUT2D eigenvalue weighted by Gasteiger charge is -2.19. The average molecular weight is 410 g/mol. The fraction of sp³-hybridized carbons (Fsp3) is 0.143. The standard InChI is InChI=1S/C21H20BrN3O/c1-15-8-10-16(11-9-15)13-20(19-7-2-3-12-23-19)25-21(26)24-18-6-4-5-17(22)14-18/h2-12,14,20H,13H2,1H3,(H2,24,25,26). The van der Waals surface area contributed by atoms with Crippen LogP contribution in [0, 0.1) is 6.92 Å². The van der Waals surface area contributed by atoms with E-state index in [1.165, 1.54) is 5.56 Å². The highest BCUT2D eigenvalue weighted by Crippen LogP contribution is 2.19. The number of amides is 2. The molecule has 1 aromatic heterocycles. The van der Waals surface area contributed by atoms with E-state index in [0.717, 1.165) is 21.4 Å². The van der Waals surface area contributed by atoms with Crippen LogP contribution in [-0.4, -0.2) is 11.0 Å². The maximum Gasteiger partial charge on any atom is 0.319 e. The minimum Gasteiger partial charge on any atom is -0.329 e. The zero-order valence-corrected chi connectivity index (χ0v) is 16.0. The van der Waals surface area contributed by atoms with Crippen LogP contribution in [-0.2, 0) is 6.42 Å². The van der Waals surface area contributed by atoms with Crippen LogP contribution in [0.25, 0.3) is 0 Å². The van der Waals surface area contributed by atoms with E-state index in [9.17, 15) is 4.79 Å². The molecule has 132 valence electrons. The molecule has 0 saturated heterocycles. The first-order valence-electron chi connectivity index (χ1n) is 8.40. The molecule has 1 unspecified atom stereocenters. The lowest BCUT2D eigenvalue weighted by atomic mass is 10.0. The smallest absolute Gasteiger partial charge is 0.319 e. The third kappa shape index (κ3) is 5.17. The Hall–Kier alpha value is -2.66. The van der Waals surface area contributed by atoms with Gasteiger partial charge in [0.25, 0.3) is 0 Å². The Morgan fingerprint density at radius 1 is 1.08 bits per heavy atom. The first kappa shape index (κ1) is 18.1. The van der Waals surface area contributed by atoms with E-state index in [-0.39, 0.29) is 12.1 Å². The molecule has 1 heterocycles. The minimum atomic E-state index is -0.258. The van der Waals surface area contributed by atoms with Crippen molar-refractivity contribution < 1.29 is 4.79 Å². The number of aromatic nitrogens is 1. The van der Waals surface area contributed by atoms with Gasteiger partial charge in [-0.1, -0.05) is 57.9 Å². The van der Waals surface area contributed by atoms with E-state index in [2.05, 4.69) is 62.7 Å². The zero-order chi connectivity index (χ0) is 18.4. The second-order valence-corrected chi connectivity index (χ2v) is 7.02. The van der Waals surface area contributed by atoms with Gasteiger partial charge in [0, 0.05) is 16.4 Å². The Morgan fingerprint density at radius 2 is 1.88 bits per heavy atom. The Kier molecular flexibility index (Phi) is 6.02. The molecule has 0 aliphatic rings. The second kappa shape index (κ2) is 8.63. The van der Waals surface area contributed by atoms with Crippen LogP contribution in [0.5, 0.6) is 0 Å². The molecule has 4 nitrogen and oxygen atoms in total. The summed E-state index contributed by atoms with van der Waals surface area (Å²) in [5, 5.41) is 5.91. The zero-order valence-electron chi connectivity index (χ0n) is 14.4. The van der Waals surface area contributed by atoms with Crippen LogP contribution in [0.2, 0.25) is 0 Å². The highest BCUT2D eigenvalue weighted by molar-refractivity contribution is 9.10. The van der Waals surface area contributed by atoms with Gasteiger partial charge in [0.15, 0.2) is 0 Å². The number of nitrogens with one attached hydrogen (secondary N) is 2. The molecule has 0 saturated carbocycles. The van der Waals surface area contributed by atoms with Crippen LogP contribution in [0.15, 0.2) is 77.4 Å². The van der Waals surface area contributed by atoms with E-state index < -0.39 is 0 Å². The largest absolute Gasteiger partial charge is 0.329 e. The number of anilines is 1. The SMILES string of the molecule is Cc1ccc(CC(NC(=O)Nc2cccc(Br)c2)c2ccccn2)cc1. The topological polar surface area (TPSA) is 54.0 Å². The maximum atomic E-state index is 12.5. The number of rotatable bonds is 5. The molecule has 26 heavy (non-hydrogen) atoms. The molecule has 0 fully saturated rings. The lowest BCUT2D eigenvalue weighted by Crippen LogP contribution is -2.34. The summed E-state index contributed by atoms with van der Waals surface area (Å²) in [4.78, 5) is 16.9. The van der Waals surface area contributed by atoms with Gasteiger partial charge in [0.2, 0.25) is 0 Å². The summed E-state index contributed by atoms with van der Waals surface area (Å²) >= 11 is 3.41. The molecular weight excluding hydrogens is 390 g/mol. The van der Waals surface area contributed by atoms with Crippen LogP contribution in [0.4, 0.5) is 10.5 Å². The van der Waals surface area contributed by atoms with Gasteiger partial charge in [-0.25, -0.2) is 4.79 Å². The number of pyridine rings is 1. The van der Waals surface area contributed by atoms with Crippen LogP contribution >= 0.6 is 15.9 Å². The van der Waals surface area contributed by atoms with Gasteiger partial charge < -0.3 is 10.6 Å². The highest BCUT2D eigenvalue weighted by Gasteiger charge is 2.16. The van der Waals surface area contributed by atoms with Crippen molar-refractivity contribution in [1.82, 2.24) is 10.3 Å². The molecule has 0 bridgehead atoms. The third-order valence-corrected chi connectivity index (χ3v) is 4.49. The maximum absolute atomic E-state index is 12.5. The van der Waals surface area contributed by atoms with Crippen LogP contribution in [0.1, 0.15) is 22.9 Å². The van der Waals surface area contributed by atoms with E-state index >= 15 is 0 Å². The fourth-order valence-corrected chi connectivity index (χ4v) is 3.06. The monoisotopic (exact) mass is 409 g/mol. The van der Waals surface area contributed by atoms with E-state index in [1.54, 1.807) is 6.20 Å². The predicted octanol–water partition coefficient (Wildman–Crippen LogP) is 5.26. The normalized spacial score (nSPS) is 11.6. The fourth-order valence-electron chi connectivity index (χ4n) is 2.66. The third-order valence-electron chi connectivity index (χ3n) is 3.99. The number of carbonyl (C=O) groups excluding carboxylic acids is 1. The molecule has 2 aromatic carbocycles. The van der Waals surface area contributed by atoms with Crippen molar-refractivity contribution in [3.63, 3.8) is 0 Å². The Morgan fingerprint density at radius 3 is 2.58 bits per heavy atom. The van der Waals surface area contributed by atoms with Crippen molar-refractivity contribution in [3.05, 3.63) is 94.2 Å². The van der Waals surface area contributed by atoms with Crippen LogP contribution in [0.3, 0.4) is 0 Å². The summed E-state index contributed by atoms with van der Waals surface area (Å²) in [6.07, 6.45) is 2.41. The summed E-state index contributed by atoms with van der Waals surface area (Å²) in [6.45, 7) is 2.06. The summed E-state index contributed by atoms with van der Waals surface area (Å²) in [5.74, 6) is 0. The average Bonchev–Trinajstić information content (AvgIpc) is 2.64. The van der Waals surface area contributed by atoms with Gasteiger partial charge in [-0.2, -0.15) is 0 Å². The summed E-state index contributed by atoms with van der Waals surface area (Å²) in [6, 6.07) is 21.1.